The predicted molar refractivity (Wildman–Crippen MR) is 112 cm³/mol. The smallest absolute Gasteiger partial charge is 0.193 e. The third kappa shape index (κ3) is 6.22. The number of nitrogens with zero attached hydrogens (tertiary/aromatic N) is 3. The Labute approximate surface area is 169 Å². The summed E-state index contributed by atoms with van der Waals surface area (Å²) in [6.45, 7) is 13.2. The molecule has 3 saturated heterocycles. The minimum Gasteiger partial charge on any atom is -0.381 e. The van der Waals surface area contributed by atoms with Crippen LogP contribution in [0.5, 0.6) is 0 Å². The topological polar surface area (TPSA) is 49.3 Å². The van der Waals surface area contributed by atoms with E-state index in [-0.39, 0.29) is 24.0 Å². The average molecular weight is 466 g/mol. The van der Waals surface area contributed by atoms with E-state index in [1.807, 2.05) is 0 Å². The fourth-order valence-electron chi connectivity index (χ4n) is 3.97. The first-order chi connectivity index (χ1) is 11.8. The highest BCUT2D eigenvalue weighted by molar-refractivity contribution is 14.0. The molecule has 0 amide bonds. The molecule has 0 bridgehead atoms. The Morgan fingerprint density at radius 3 is 2.64 bits per heavy atom. The van der Waals surface area contributed by atoms with Crippen LogP contribution < -0.4 is 5.32 Å². The number of morpholine rings is 1. The van der Waals surface area contributed by atoms with Crippen molar-refractivity contribution in [1.82, 2.24) is 15.1 Å². The summed E-state index contributed by atoms with van der Waals surface area (Å²) in [6, 6.07) is 0. The van der Waals surface area contributed by atoms with Crippen LogP contribution in [0.2, 0.25) is 0 Å². The summed E-state index contributed by atoms with van der Waals surface area (Å²) in [5, 5.41) is 3.48. The normalized spacial score (nSPS) is 27.7. The Morgan fingerprint density at radius 2 is 1.92 bits per heavy atom. The molecule has 3 rings (SSSR count). The maximum Gasteiger partial charge on any atom is 0.193 e. The van der Waals surface area contributed by atoms with Gasteiger partial charge in [-0.3, -0.25) is 9.89 Å². The van der Waals surface area contributed by atoms with Gasteiger partial charge in [-0.25, -0.2) is 0 Å². The SMILES string of the molecule is CCNC(=NCCCCN1CCOCC1)N1CCC2(CCOC2)C1.I. The van der Waals surface area contributed by atoms with Gasteiger partial charge in [0, 0.05) is 51.3 Å². The van der Waals surface area contributed by atoms with Gasteiger partial charge in [0.05, 0.1) is 19.8 Å². The third-order valence-corrected chi connectivity index (χ3v) is 5.51. The molecule has 3 aliphatic rings. The largest absolute Gasteiger partial charge is 0.381 e. The molecule has 25 heavy (non-hydrogen) atoms. The zero-order valence-corrected chi connectivity index (χ0v) is 18.0. The molecule has 0 aromatic carbocycles. The minimum atomic E-state index is 0. The van der Waals surface area contributed by atoms with E-state index in [9.17, 15) is 0 Å². The van der Waals surface area contributed by atoms with Crippen LogP contribution in [0.25, 0.3) is 0 Å². The molecule has 1 unspecified atom stereocenters. The zero-order valence-electron chi connectivity index (χ0n) is 15.7. The van der Waals surface area contributed by atoms with Crippen molar-refractivity contribution in [3.8, 4) is 0 Å². The van der Waals surface area contributed by atoms with E-state index in [2.05, 4.69) is 22.0 Å². The maximum absolute atomic E-state index is 5.64. The first kappa shape index (κ1) is 21.2. The molecule has 6 nitrogen and oxygen atoms in total. The number of halogens is 1. The Bertz CT molecular complexity index is 410. The number of rotatable bonds is 6. The van der Waals surface area contributed by atoms with E-state index in [0.717, 1.165) is 78.1 Å². The van der Waals surface area contributed by atoms with E-state index in [4.69, 9.17) is 14.5 Å². The lowest BCUT2D eigenvalue weighted by atomic mass is 9.87. The van der Waals surface area contributed by atoms with Crippen molar-refractivity contribution in [2.45, 2.75) is 32.6 Å². The highest BCUT2D eigenvalue weighted by Gasteiger charge is 2.42. The van der Waals surface area contributed by atoms with Crippen LogP contribution in [0.3, 0.4) is 0 Å². The second-order valence-electron chi connectivity index (χ2n) is 7.37. The Morgan fingerprint density at radius 1 is 1.08 bits per heavy atom. The van der Waals surface area contributed by atoms with E-state index in [0.29, 0.717) is 5.41 Å². The first-order valence-electron chi connectivity index (χ1n) is 9.72. The molecule has 1 spiro atoms. The molecular weight excluding hydrogens is 431 g/mol. The quantitative estimate of drug-likeness (QED) is 0.280. The van der Waals surface area contributed by atoms with Crippen LogP contribution in [-0.2, 0) is 9.47 Å². The lowest BCUT2D eigenvalue weighted by Crippen LogP contribution is -2.41. The number of hydrogen-bond donors (Lipinski definition) is 1. The molecule has 0 aromatic heterocycles. The van der Waals surface area contributed by atoms with Crippen LogP contribution >= 0.6 is 24.0 Å². The molecule has 3 heterocycles. The zero-order chi connectivity index (χ0) is 16.7. The lowest BCUT2D eigenvalue weighted by molar-refractivity contribution is 0.0373. The second kappa shape index (κ2) is 10.9. The summed E-state index contributed by atoms with van der Waals surface area (Å²) >= 11 is 0. The molecule has 3 fully saturated rings. The summed E-state index contributed by atoms with van der Waals surface area (Å²) in [5.74, 6) is 1.10. The maximum atomic E-state index is 5.64. The van der Waals surface area contributed by atoms with Crippen molar-refractivity contribution in [3.05, 3.63) is 0 Å². The van der Waals surface area contributed by atoms with Gasteiger partial charge >= 0.3 is 0 Å². The van der Waals surface area contributed by atoms with Crippen molar-refractivity contribution in [2.75, 3.05) is 72.2 Å². The minimum absolute atomic E-state index is 0. The number of unbranched alkanes of at least 4 members (excludes halogenated alkanes) is 1. The molecule has 7 heteroatoms. The van der Waals surface area contributed by atoms with Gasteiger partial charge in [0.2, 0.25) is 0 Å². The molecule has 0 aromatic rings. The summed E-state index contributed by atoms with van der Waals surface area (Å²) < 4.78 is 11.0. The molecule has 1 N–H and O–H groups in total. The predicted octanol–water partition coefficient (Wildman–Crippen LogP) is 1.79. The van der Waals surface area contributed by atoms with E-state index in [1.165, 1.54) is 25.8 Å². The van der Waals surface area contributed by atoms with Crippen molar-refractivity contribution >= 4 is 29.9 Å². The average Bonchev–Trinajstić information content (AvgIpc) is 3.25. The van der Waals surface area contributed by atoms with Crippen molar-refractivity contribution in [3.63, 3.8) is 0 Å². The standard InChI is InChI=1S/C18H34N4O2.HI/c1-2-19-17(22-9-5-18(15-22)6-12-24-16-18)20-7-3-4-8-21-10-13-23-14-11-21;/h2-16H2,1H3,(H,19,20);1H. The molecule has 146 valence electrons. The highest BCUT2D eigenvalue weighted by atomic mass is 127. The van der Waals surface area contributed by atoms with Crippen molar-refractivity contribution < 1.29 is 9.47 Å². The fraction of sp³-hybridized carbons (Fsp3) is 0.944. The number of likely N-dealkylation sites (tertiary alicyclic amines) is 1. The number of ether oxygens (including phenoxy) is 2. The van der Waals surface area contributed by atoms with Crippen molar-refractivity contribution in [2.24, 2.45) is 10.4 Å². The number of hydrogen-bond acceptors (Lipinski definition) is 4. The Hall–Kier alpha value is -0.120. The van der Waals surface area contributed by atoms with Crippen LogP contribution in [0.15, 0.2) is 4.99 Å². The van der Waals surface area contributed by atoms with E-state index in [1.54, 1.807) is 0 Å². The van der Waals surface area contributed by atoms with Crippen LogP contribution in [0.4, 0.5) is 0 Å². The third-order valence-electron chi connectivity index (χ3n) is 5.51. The van der Waals surface area contributed by atoms with Crippen LogP contribution in [-0.4, -0.2) is 88.0 Å². The van der Waals surface area contributed by atoms with Crippen molar-refractivity contribution in [1.29, 1.82) is 0 Å². The monoisotopic (exact) mass is 466 g/mol. The molecule has 0 saturated carbocycles. The number of aliphatic imine (C=N–C) groups is 1. The van der Waals surface area contributed by atoms with Crippen LogP contribution in [0.1, 0.15) is 32.6 Å². The lowest BCUT2D eigenvalue weighted by Gasteiger charge is -2.26. The Kier molecular flexibility index (Phi) is 9.23. The van der Waals surface area contributed by atoms with Gasteiger partial charge in [0.15, 0.2) is 5.96 Å². The van der Waals surface area contributed by atoms with Crippen LogP contribution in [0, 0.1) is 5.41 Å². The molecule has 0 aliphatic carbocycles. The summed E-state index contributed by atoms with van der Waals surface area (Å²) in [7, 11) is 0. The molecule has 0 radical (unpaired) electrons. The number of guanidine groups is 1. The van der Waals surface area contributed by atoms with Gasteiger partial charge in [0.25, 0.3) is 0 Å². The molecule has 3 aliphatic heterocycles. The molecular formula is C18H35IN4O2. The van der Waals surface area contributed by atoms with Gasteiger partial charge in [-0.05, 0) is 39.2 Å². The highest BCUT2D eigenvalue weighted by Crippen LogP contribution is 2.38. The summed E-state index contributed by atoms with van der Waals surface area (Å²) in [6.07, 6.45) is 4.84. The summed E-state index contributed by atoms with van der Waals surface area (Å²) in [5.41, 5.74) is 0.395. The van der Waals surface area contributed by atoms with Gasteiger partial charge in [-0.1, -0.05) is 0 Å². The van der Waals surface area contributed by atoms with Gasteiger partial charge in [0.1, 0.15) is 0 Å². The van der Waals surface area contributed by atoms with E-state index >= 15 is 0 Å². The summed E-state index contributed by atoms with van der Waals surface area (Å²) in [4.78, 5) is 9.83. The first-order valence-corrected chi connectivity index (χ1v) is 9.72. The van der Waals surface area contributed by atoms with Gasteiger partial charge < -0.3 is 19.7 Å². The van der Waals surface area contributed by atoms with E-state index < -0.39 is 0 Å². The van der Waals surface area contributed by atoms with Gasteiger partial charge in [-0.15, -0.1) is 24.0 Å². The second-order valence-corrected chi connectivity index (χ2v) is 7.37. The number of nitrogens with one attached hydrogen (secondary N) is 1. The fourth-order valence-corrected chi connectivity index (χ4v) is 3.97. The molecule has 1 atom stereocenters. The Balaban J connectivity index is 0.00000225. The van der Waals surface area contributed by atoms with Gasteiger partial charge in [-0.2, -0.15) is 0 Å².